The maximum absolute atomic E-state index is 13.2. The molecule has 3 rings (SSSR count). The van der Waals surface area contributed by atoms with Crippen molar-refractivity contribution in [2.24, 2.45) is 0 Å². The highest BCUT2D eigenvalue weighted by Crippen LogP contribution is 2.41. The minimum absolute atomic E-state index is 0.104. The second kappa shape index (κ2) is 8.02. The Labute approximate surface area is 181 Å². The smallest absolute Gasteiger partial charge is 0.420 e. The van der Waals surface area contributed by atoms with Crippen LogP contribution in [0.15, 0.2) is 36.5 Å². The lowest BCUT2D eigenvalue weighted by Gasteiger charge is -2.29. The van der Waals surface area contributed by atoms with E-state index < -0.39 is 23.4 Å². The van der Waals surface area contributed by atoms with Crippen LogP contribution in [0, 0.1) is 0 Å². The molecular formula is C23H27N3O5. The molecule has 1 aromatic heterocycles. The number of rotatable bonds is 1. The standard InChI is InChI=1S/C23H27N3O5/c1-22(2,3)30-20(28)25-13-16-8-7-11-24-19(16)26(21(29)31-23(4,5)6)17-10-9-15(14-27)12-18(17)25/h7-12,14H,13H2,1-6H3. The first-order valence-corrected chi connectivity index (χ1v) is 9.96. The molecule has 0 aliphatic carbocycles. The third kappa shape index (κ3) is 5.02. The molecule has 8 heteroatoms. The molecule has 2 heterocycles. The van der Waals surface area contributed by atoms with E-state index in [1.165, 1.54) is 9.80 Å². The monoisotopic (exact) mass is 425 g/mol. The van der Waals surface area contributed by atoms with Crippen molar-refractivity contribution in [3.63, 3.8) is 0 Å². The van der Waals surface area contributed by atoms with Gasteiger partial charge in [-0.25, -0.2) is 19.5 Å². The van der Waals surface area contributed by atoms with Crippen LogP contribution < -0.4 is 9.80 Å². The summed E-state index contributed by atoms with van der Waals surface area (Å²) in [6, 6.07) is 8.24. The van der Waals surface area contributed by atoms with E-state index in [0.29, 0.717) is 34.6 Å². The Balaban J connectivity index is 2.22. The number of carbonyl (C=O) groups excluding carboxylic acids is 3. The molecule has 0 radical (unpaired) electrons. The fraction of sp³-hybridized carbons (Fsp3) is 0.391. The Morgan fingerprint density at radius 3 is 2.23 bits per heavy atom. The molecule has 8 nitrogen and oxygen atoms in total. The quantitative estimate of drug-likeness (QED) is 0.582. The minimum atomic E-state index is -0.744. The molecule has 31 heavy (non-hydrogen) atoms. The van der Waals surface area contributed by atoms with E-state index in [1.807, 2.05) is 0 Å². The number of nitrogens with zero attached hydrogens (tertiary/aromatic N) is 3. The van der Waals surface area contributed by atoms with Gasteiger partial charge in [-0.15, -0.1) is 0 Å². The number of aromatic nitrogens is 1. The first-order valence-electron chi connectivity index (χ1n) is 9.96. The van der Waals surface area contributed by atoms with Crippen molar-refractivity contribution < 1.29 is 23.9 Å². The van der Waals surface area contributed by atoms with E-state index in [1.54, 1.807) is 78.1 Å². The Hall–Kier alpha value is -3.42. The van der Waals surface area contributed by atoms with Gasteiger partial charge in [-0.2, -0.15) is 0 Å². The Morgan fingerprint density at radius 2 is 1.61 bits per heavy atom. The van der Waals surface area contributed by atoms with E-state index in [-0.39, 0.29) is 6.54 Å². The van der Waals surface area contributed by atoms with Crippen LogP contribution in [-0.4, -0.2) is 34.7 Å². The Kier molecular flexibility index (Phi) is 5.76. The van der Waals surface area contributed by atoms with E-state index in [2.05, 4.69) is 4.98 Å². The number of carbonyl (C=O) groups is 3. The molecule has 0 saturated heterocycles. The van der Waals surface area contributed by atoms with Crippen molar-refractivity contribution in [3.8, 4) is 0 Å². The predicted molar refractivity (Wildman–Crippen MR) is 117 cm³/mol. The molecule has 0 bridgehead atoms. The summed E-state index contributed by atoms with van der Waals surface area (Å²) in [6.07, 6.45) is 1.01. The third-order valence-corrected chi connectivity index (χ3v) is 4.26. The first kappa shape index (κ1) is 22.3. The highest BCUT2D eigenvalue weighted by Gasteiger charge is 2.36. The van der Waals surface area contributed by atoms with Gasteiger partial charge in [0.25, 0.3) is 0 Å². The largest absolute Gasteiger partial charge is 0.443 e. The van der Waals surface area contributed by atoms with Gasteiger partial charge in [0.15, 0.2) is 0 Å². The van der Waals surface area contributed by atoms with Crippen molar-refractivity contribution in [1.29, 1.82) is 0 Å². The van der Waals surface area contributed by atoms with Crippen LogP contribution in [0.2, 0.25) is 0 Å². The molecule has 0 atom stereocenters. The van der Waals surface area contributed by atoms with Gasteiger partial charge in [-0.3, -0.25) is 9.69 Å². The molecule has 0 saturated carbocycles. The summed E-state index contributed by atoms with van der Waals surface area (Å²) in [5, 5.41) is 0. The predicted octanol–water partition coefficient (Wildman–Crippen LogP) is 5.22. The lowest BCUT2D eigenvalue weighted by Crippen LogP contribution is -2.37. The van der Waals surface area contributed by atoms with Gasteiger partial charge in [0.1, 0.15) is 23.3 Å². The SMILES string of the molecule is CC(C)(C)OC(=O)N1Cc2cccnc2N(C(=O)OC(C)(C)C)c2ccc(C=O)cc21. The number of ether oxygens (including phenoxy) is 2. The number of pyridine rings is 1. The molecule has 0 unspecified atom stereocenters. The second-order valence-corrected chi connectivity index (χ2v) is 9.23. The van der Waals surface area contributed by atoms with Crippen LogP contribution in [0.25, 0.3) is 0 Å². The fourth-order valence-electron chi connectivity index (χ4n) is 3.12. The average Bonchev–Trinajstić information content (AvgIpc) is 2.79. The summed E-state index contributed by atoms with van der Waals surface area (Å²) in [5.74, 6) is 0.350. The molecule has 1 aliphatic rings. The van der Waals surface area contributed by atoms with Crippen LogP contribution in [0.1, 0.15) is 57.5 Å². The van der Waals surface area contributed by atoms with Gasteiger partial charge in [0.2, 0.25) is 0 Å². The number of fused-ring (bicyclic) bond motifs is 2. The third-order valence-electron chi connectivity index (χ3n) is 4.26. The molecule has 0 N–H and O–H groups in total. The zero-order valence-electron chi connectivity index (χ0n) is 18.6. The van der Waals surface area contributed by atoms with E-state index in [4.69, 9.17) is 9.47 Å². The number of anilines is 3. The zero-order chi connectivity index (χ0) is 23.0. The van der Waals surface area contributed by atoms with Gasteiger partial charge < -0.3 is 9.47 Å². The van der Waals surface area contributed by atoms with Crippen LogP contribution in [0.4, 0.5) is 26.8 Å². The summed E-state index contributed by atoms with van der Waals surface area (Å²) in [5.41, 5.74) is 0.227. The molecule has 0 spiro atoms. The molecule has 1 aromatic carbocycles. The van der Waals surface area contributed by atoms with Gasteiger partial charge in [-0.05, 0) is 65.8 Å². The summed E-state index contributed by atoms with van der Waals surface area (Å²) in [7, 11) is 0. The summed E-state index contributed by atoms with van der Waals surface area (Å²) >= 11 is 0. The van der Waals surface area contributed by atoms with Crippen molar-refractivity contribution >= 4 is 35.7 Å². The van der Waals surface area contributed by atoms with Crippen molar-refractivity contribution in [1.82, 2.24) is 4.98 Å². The normalized spacial score (nSPS) is 13.6. The molecule has 2 aromatic rings. The second-order valence-electron chi connectivity index (χ2n) is 9.23. The lowest BCUT2D eigenvalue weighted by molar-refractivity contribution is 0.0571. The molecule has 1 aliphatic heterocycles. The van der Waals surface area contributed by atoms with Crippen LogP contribution in [-0.2, 0) is 16.0 Å². The van der Waals surface area contributed by atoms with Crippen molar-refractivity contribution in [3.05, 3.63) is 47.7 Å². The molecule has 2 amide bonds. The zero-order valence-corrected chi connectivity index (χ0v) is 18.6. The lowest BCUT2D eigenvalue weighted by atomic mass is 10.1. The molecular weight excluding hydrogens is 398 g/mol. The first-order chi connectivity index (χ1) is 14.4. The van der Waals surface area contributed by atoms with E-state index in [9.17, 15) is 14.4 Å². The van der Waals surface area contributed by atoms with Gasteiger partial charge in [-0.1, -0.05) is 6.07 Å². The van der Waals surface area contributed by atoms with Crippen LogP contribution >= 0.6 is 0 Å². The van der Waals surface area contributed by atoms with Crippen LogP contribution in [0.5, 0.6) is 0 Å². The number of hydrogen-bond acceptors (Lipinski definition) is 6. The average molecular weight is 425 g/mol. The number of benzene rings is 1. The molecule has 0 fully saturated rings. The minimum Gasteiger partial charge on any atom is -0.443 e. The van der Waals surface area contributed by atoms with E-state index in [0.717, 1.165) is 0 Å². The summed E-state index contributed by atoms with van der Waals surface area (Å²) in [4.78, 5) is 44.9. The number of hydrogen-bond donors (Lipinski definition) is 0. The van der Waals surface area contributed by atoms with Crippen LogP contribution in [0.3, 0.4) is 0 Å². The van der Waals surface area contributed by atoms with Gasteiger partial charge >= 0.3 is 12.2 Å². The highest BCUT2D eigenvalue weighted by molar-refractivity contribution is 6.05. The topological polar surface area (TPSA) is 89.0 Å². The van der Waals surface area contributed by atoms with Crippen molar-refractivity contribution in [2.45, 2.75) is 59.3 Å². The summed E-state index contributed by atoms with van der Waals surface area (Å²) < 4.78 is 11.2. The van der Waals surface area contributed by atoms with E-state index >= 15 is 0 Å². The number of amides is 2. The van der Waals surface area contributed by atoms with Gasteiger partial charge in [0.05, 0.1) is 17.9 Å². The highest BCUT2D eigenvalue weighted by atomic mass is 16.6. The Bertz CT molecular complexity index is 1020. The molecule has 164 valence electrons. The maximum atomic E-state index is 13.2. The van der Waals surface area contributed by atoms with Crippen molar-refractivity contribution in [2.75, 3.05) is 9.80 Å². The Morgan fingerprint density at radius 1 is 0.968 bits per heavy atom. The summed E-state index contributed by atoms with van der Waals surface area (Å²) in [6.45, 7) is 10.7. The van der Waals surface area contributed by atoms with Gasteiger partial charge in [0, 0.05) is 17.3 Å². The maximum Gasteiger partial charge on any atom is 0.420 e. The number of aldehydes is 1. The fourth-order valence-corrected chi connectivity index (χ4v) is 3.12.